The summed E-state index contributed by atoms with van der Waals surface area (Å²) in [6, 6.07) is 0.104. The number of ether oxygens (including phenoxy) is 1. The van der Waals surface area contributed by atoms with Gasteiger partial charge in [0.2, 0.25) is 5.88 Å². The average molecular weight is 525 g/mol. The van der Waals surface area contributed by atoms with Gasteiger partial charge >= 0.3 is 12.0 Å². The van der Waals surface area contributed by atoms with Crippen LogP contribution in [0.4, 0.5) is 23.0 Å². The van der Waals surface area contributed by atoms with Crippen molar-refractivity contribution in [2.45, 2.75) is 45.4 Å². The van der Waals surface area contributed by atoms with Gasteiger partial charge < -0.3 is 25.6 Å². The van der Waals surface area contributed by atoms with Crippen LogP contribution in [-0.2, 0) is 6.61 Å². The number of nitrogens with zero attached hydrogens (tertiary/aromatic N) is 1. The number of aromatic carboxylic acids is 1. The van der Waals surface area contributed by atoms with E-state index in [1.54, 1.807) is 0 Å². The maximum absolute atomic E-state index is 13.9. The summed E-state index contributed by atoms with van der Waals surface area (Å²) < 4.78 is 50.3. The van der Waals surface area contributed by atoms with Crippen LogP contribution < -0.4 is 20.7 Å². The Morgan fingerprint density at radius 1 is 1.21 bits per heavy atom. The van der Waals surface area contributed by atoms with Crippen LogP contribution in [0.15, 0.2) is 6.07 Å². The number of rotatable bonds is 12. The van der Waals surface area contributed by atoms with Crippen molar-refractivity contribution in [2.24, 2.45) is 0 Å². The van der Waals surface area contributed by atoms with Gasteiger partial charge in [-0.2, -0.15) is 4.37 Å². The monoisotopic (exact) mass is 524 g/mol. The number of aliphatic hydroxyl groups excluding tert-OH is 1. The van der Waals surface area contributed by atoms with Crippen LogP contribution in [-0.4, -0.2) is 51.8 Å². The van der Waals surface area contributed by atoms with Crippen LogP contribution in [0.1, 0.15) is 42.6 Å². The fourth-order valence-corrected chi connectivity index (χ4v) is 3.61. The highest BCUT2D eigenvalue weighted by Crippen LogP contribution is 2.32. The van der Waals surface area contributed by atoms with Gasteiger partial charge in [0.1, 0.15) is 17.4 Å². The maximum atomic E-state index is 13.9. The fraction of sp³-hybridized carbons (Fsp3) is 0.450. The third kappa shape index (κ3) is 7.72. The molecule has 5 N–H and O–H groups in total. The van der Waals surface area contributed by atoms with Gasteiger partial charge in [-0.25, -0.2) is 22.8 Å². The molecule has 0 aliphatic heterocycles. The molecule has 34 heavy (non-hydrogen) atoms. The van der Waals surface area contributed by atoms with Crippen LogP contribution in [0.2, 0.25) is 5.02 Å². The highest BCUT2D eigenvalue weighted by Gasteiger charge is 2.25. The van der Waals surface area contributed by atoms with E-state index in [0.717, 1.165) is 0 Å². The number of hydrogen-bond donors (Lipinski definition) is 5. The molecule has 0 aliphatic rings. The van der Waals surface area contributed by atoms with Crippen LogP contribution in [0, 0.1) is 17.5 Å². The minimum absolute atomic E-state index is 0.125. The summed E-state index contributed by atoms with van der Waals surface area (Å²) in [4.78, 5) is 23.7. The predicted molar refractivity (Wildman–Crippen MR) is 120 cm³/mol. The Hall–Kier alpha value is -2.61. The molecule has 1 atom stereocenters. The molecule has 188 valence electrons. The molecular formula is C20H24ClF3N4O5S. The lowest BCUT2D eigenvalue weighted by atomic mass is 10.2. The van der Waals surface area contributed by atoms with Crippen LogP contribution >= 0.6 is 23.1 Å². The third-order valence-electron chi connectivity index (χ3n) is 4.46. The molecular weight excluding hydrogens is 501 g/mol. The van der Waals surface area contributed by atoms with E-state index >= 15 is 0 Å². The van der Waals surface area contributed by atoms with Crippen molar-refractivity contribution in [1.82, 2.24) is 15.0 Å². The number of aliphatic hydroxyl groups is 1. The summed E-state index contributed by atoms with van der Waals surface area (Å²) in [6.07, 6.45) is 0.145. The number of benzene rings is 1. The topological polar surface area (TPSA) is 133 Å². The van der Waals surface area contributed by atoms with E-state index in [1.165, 1.54) is 0 Å². The Morgan fingerprint density at radius 2 is 1.88 bits per heavy atom. The number of carboxylic acids is 1. The number of carbonyl (C=O) groups is 2. The van der Waals surface area contributed by atoms with Crippen LogP contribution in [0.5, 0.6) is 5.88 Å². The Morgan fingerprint density at radius 3 is 2.53 bits per heavy atom. The number of anilines is 1. The van der Waals surface area contributed by atoms with Gasteiger partial charge in [-0.1, -0.05) is 25.4 Å². The van der Waals surface area contributed by atoms with Gasteiger partial charge in [0.05, 0.1) is 16.7 Å². The normalized spacial score (nSPS) is 12.0. The second kappa shape index (κ2) is 12.7. The predicted octanol–water partition coefficient (Wildman–Crippen LogP) is 3.75. The van der Waals surface area contributed by atoms with E-state index in [1.807, 2.05) is 13.8 Å². The summed E-state index contributed by atoms with van der Waals surface area (Å²) in [7, 11) is 0. The largest absolute Gasteiger partial charge is 0.477 e. The second-order valence-electron chi connectivity index (χ2n) is 7.45. The van der Waals surface area contributed by atoms with E-state index < -0.39 is 64.2 Å². The molecule has 14 heteroatoms. The lowest BCUT2D eigenvalue weighted by molar-refractivity contribution is 0.0692. The first-order valence-corrected chi connectivity index (χ1v) is 11.3. The first-order valence-electron chi connectivity index (χ1n) is 10.1. The number of carbonyl (C=O) groups excluding carboxylic acids is 1. The quantitative estimate of drug-likeness (QED) is 0.211. The molecule has 2 amide bonds. The summed E-state index contributed by atoms with van der Waals surface area (Å²) in [5.74, 6) is -6.27. The molecule has 2 rings (SSSR count). The highest BCUT2D eigenvalue weighted by molar-refractivity contribution is 7.11. The zero-order valence-electron chi connectivity index (χ0n) is 18.3. The zero-order valence-corrected chi connectivity index (χ0v) is 19.8. The molecule has 2 aromatic rings. The van der Waals surface area contributed by atoms with Gasteiger partial charge in [0, 0.05) is 12.6 Å². The molecule has 1 aromatic heterocycles. The van der Waals surface area contributed by atoms with Crippen molar-refractivity contribution in [2.75, 3.05) is 18.4 Å². The molecule has 0 aliphatic carbocycles. The molecule has 0 saturated carbocycles. The highest BCUT2D eigenvalue weighted by atomic mass is 35.5. The van der Waals surface area contributed by atoms with Crippen molar-refractivity contribution in [3.05, 3.63) is 39.7 Å². The van der Waals surface area contributed by atoms with E-state index in [0.29, 0.717) is 36.6 Å². The molecule has 0 saturated heterocycles. The summed E-state index contributed by atoms with van der Waals surface area (Å²) in [5, 5.41) is 26.4. The van der Waals surface area contributed by atoms with Gasteiger partial charge in [-0.05, 0) is 37.0 Å². The van der Waals surface area contributed by atoms with Crippen LogP contribution in [0.3, 0.4) is 0 Å². The Kier molecular flexibility index (Phi) is 10.4. The van der Waals surface area contributed by atoms with E-state index in [-0.39, 0.29) is 18.0 Å². The third-order valence-corrected chi connectivity index (χ3v) is 5.48. The number of hydrogen-bond acceptors (Lipinski definition) is 7. The summed E-state index contributed by atoms with van der Waals surface area (Å²) >= 11 is 5.93. The summed E-state index contributed by atoms with van der Waals surface area (Å²) in [5.41, 5.74) is -1.35. The van der Waals surface area contributed by atoms with E-state index in [4.69, 9.17) is 16.3 Å². The molecule has 1 unspecified atom stereocenters. The first kappa shape index (κ1) is 27.6. The lowest BCUT2D eigenvalue weighted by Gasteiger charge is -2.13. The van der Waals surface area contributed by atoms with Gasteiger partial charge in [-0.15, -0.1) is 0 Å². The summed E-state index contributed by atoms with van der Waals surface area (Å²) in [6.45, 7) is 3.83. The minimum atomic E-state index is -1.57. The number of amides is 2. The number of nitrogens with one attached hydrogen (secondary N) is 3. The minimum Gasteiger partial charge on any atom is -0.477 e. The molecule has 0 bridgehead atoms. The lowest BCUT2D eigenvalue weighted by Crippen LogP contribution is -2.32. The molecule has 1 heterocycles. The van der Waals surface area contributed by atoms with Crippen molar-refractivity contribution >= 4 is 40.1 Å². The molecule has 0 radical (unpaired) electrons. The average Bonchev–Trinajstić information content (AvgIpc) is 3.14. The standard InChI is InChI=1S/C20H24ClF3N4O5S/c1-9(2)25-5-3-10(29)4-6-26-20(32)27-18-14(19(30)31)17(28-34-18)33-8-11-13(22)7-12(21)16(24)15(11)23/h7,9-10,25,29H,3-6,8H2,1-2H3,(H,30,31)(H2,26,27,32). The fourth-order valence-electron chi connectivity index (χ4n) is 2.71. The number of halogens is 4. The number of carboxylic acid groups (broad SMARTS) is 1. The molecule has 0 fully saturated rings. The van der Waals surface area contributed by atoms with Gasteiger partial charge in [0.15, 0.2) is 17.2 Å². The van der Waals surface area contributed by atoms with Crippen molar-refractivity contribution in [1.29, 1.82) is 0 Å². The van der Waals surface area contributed by atoms with E-state index in [2.05, 4.69) is 20.3 Å². The van der Waals surface area contributed by atoms with Gasteiger partial charge in [-0.3, -0.25) is 5.32 Å². The number of aromatic nitrogens is 1. The molecule has 9 nitrogen and oxygen atoms in total. The van der Waals surface area contributed by atoms with Gasteiger partial charge in [0.25, 0.3) is 0 Å². The van der Waals surface area contributed by atoms with E-state index in [9.17, 15) is 33.0 Å². The maximum Gasteiger partial charge on any atom is 0.344 e. The van der Waals surface area contributed by atoms with Crippen molar-refractivity contribution < 1.29 is 37.7 Å². The second-order valence-corrected chi connectivity index (χ2v) is 8.63. The Bertz CT molecular complexity index is 1020. The first-order chi connectivity index (χ1) is 16.0. The SMILES string of the molecule is CC(C)NCCC(O)CCNC(=O)Nc1snc(OCc2c(F)cc(Cl)c(F)c2F)c1C(=O)O. The smallest absolute Gasteiger partial charge is 0.344 e. The zero-order chi connectivity index (χ0) is 25.4. The van der Waals surface area contributed by atoms with Crippen LogP contribution in [0.25, 0.3) is 0 Å². The molecule has 0 spiro atoms. The molecule has 1 aromatic carbocycles. The van der Waals surface area contributed by atoms with Crippen molar-refractivity contribution in [3.8, 4) is 5.88 Å². The Labute approximate surface area is 202 Å². The number of urea groups is 1. The Balaban J connectivity index is 1.96. The van der Waals surface area contributed by atoms with Crippen molar-refractivity contribution in [3.63, 3.8) is 0 Å².